The first-order valence-corrected chi connectivity index (χ1v) is 10.2. The summed E-state index contributed by atoms with van der Waals surface area (Å²) in [5.41, 5.74) is 1.91. The molecule has 0 unspecified atom stereocenters. The van der Waals surface area contributed by atoms with Gasteiger partial charge in [-0.25, -0.2) is 9.97 Å². The lowest BCUT2D eigenvalue weighted by atomic mass is 9.90. The van der Waals surface area contributed by atoms with Gasteiger partial charge in [-0.1, -0.05) is 30.3 Å². The molecular formula is C22H28N4O2. The Morgan fingerprint density at radius 3 is 2.50 bits per heavy atom. The summed E-state index contributed by atoms with van der Waals surface area (Å²) in [6, 6.07) is 12.6. The molecule has 0 saturated carbocycles. The fraction of sp³-hybridized carbons (Fsp3) is 0.500. The minimum absolute atomic E-state index is 0.0194. The molecule has 0 atom stereocenters. The molecule has 0 radical (unpaired) electrons. The summed E-state index contributed by atoms with van der Waals surface area (Å²) in [6.45, 7) is 6.25. The minimum atomic E-state index is -0.0194. The number of hydrogen-bond donors (Lipinski definition) is 0. The smallest absolute Gasteiger partial charge is 0.272 e. The van der Waals surface area contributed by atoms with Crippen LogP contribution in [0, 0.1) is 12.8 Å². The summed E-state index contributed by atoms with van der Waals surface area (Å²) in [4.78, 5) is 25.9. The normalized spacial score (nSPS) is 18.3. The molecule has 0 bridgehead atoms. The fourth-order valence-corrected chi connectivity index (χ4v) is 4.07. The van der Waals surface area contributed by atoms with Crippen LogP contribution in [-0.4, -0.2) is 60.2 Å². The van der Waals surface area contributed by atoms with Crippen molar-refractivity contribution in [2.75, 3.05) is 44.3 Å². The summed E-state index contributed by atoms with van der Waals surface area (Å²) >= 11 is 0. The molecule has 4 rings (SSSR count). The van der Waals surface area contributed by atoms with E-state index in [0.717, 1.165) is 38.2 Å². The van der Waals surface area contributed by atoms with Gasteiger partial charge in [-0.2, -0.15) is 0 Å². The van der Waals surface area contributed by atoms with Crippen molar-refractivity contribution in [1.82, 2.24) is 14.9 Å². The summed E-state index contributed by atoms with van der Waals surface area (Å²) in [6.07, 6.45) is 3.42. The van der Waals surface area contributed by atoms with E-state index < -0.39 is 0 Å². The molecule has 0 N–H and O–H groups in total. The van der Waals surface area contributed by atoms with Gasteiger partial charge in [-0.3, -0.25) is 4.79 Å². The van der Waals surface area contributed by atoms with Crippen LogP contribution in [0.15, 0.2) is 36.4 Å². The highest BCUT2D eigenvalue weighted by atomic mass is 16.5. The van der Waals surface area contributed by atoms with Gasteiger partial charge >= 0.3 is 0 Å². The number of ether oxygens (including phenoxy) is 1. The maximum atomic E-state index is 12.8. The zero-order chi connectivity index (χ0) is 19.3. The zero-order valence-electron chi connectivity index (χ0n) is 16.5. The SMILES string of the molecule is Cc1nc(C(=O)N2CCOCC2)cc(N2CCC(Cc3ccccc3)CC2)n1. The molecule has 0 aliphatic carbocycles. The lowest BCUT2D eigenvalue weighted by Gasteiger charge is -2.33. The predicted molar refractivity (Wildman–Crippen MR) is 109 cm³/mol. The van der Waals surface area contributed by atoms with E-state index in [2.05, 4.69) is 45.2 Å². The Morgan fingerprint density at radius 1 is 1.07 bits per heavy atom. The number of hydrogen-bond acceptors (Lipinski definition) is 5. The van der Waals surface area contributed by atoms with Crippen LogP contribution >= 0.6 is 0 Å². The van der Waals surface area contributed by atoms with E-state index in [9.17, 15) is 4.79 Å². The van der Waals surface area contributed by atoms with Crippen molar-refractivity contribution in [1.29, 1.82) is 0 Å². The number of amides is 1. The number of aromatic nitrogens is 2. The maximum Gasteiger partial charge on any atom is 0.272 e. The molecule has 2 aliphatic rings. The highest BCUT2D eigenvalue weighted by Gasteiger charge is 2.24. The van der Waals surface area contributed by atoms with Crippen LogP contribution in [0.25, 0.3) is 0 Å². The number of aryl methyl sites for hydroxylation is 1. The van der Waals surface area contributed by atoms with Gasteiger partial charge in [0, 0.05) is 32.2 Å². The van der Waals surface area contributed by atoms with Crippen LogP contribution in [0.5, 0.6) is 0 Å². The summed E-state index contributed by atoms with van der Waals surface area (Å²) in [5, 5.41) is 0. The molecule has 6 nitrogen and oxygen atoms in total. The Balaban J connectivity index is 1.40. The van der Waals surface area contributed by atoms with E-state index in [1.165, 1.54) is 5.56 Å². The second-order valence-electron chi connectivity index (χ2n) is 7.68. The van der Waals surface area contributed by atoms with E-state index in [-0.39, 0.29) is 5.91 Å². The van der Waals surface area contributed by atoms with E-state index in [1.54, 1.807) is 0 Å². The summed E-state index contributed by atoms with van der Waals surface area (Å²) in [5.74, 6) is 2.22. The molecule has 28 heavy (non-hydrogen) atoms. The van der Waals surface area contributed by atoms with Gasteiger partial charge in [-0.15, -0.1) is 0 Å². The summed E-state index contributed by atoms with van der Waals surface area (Å²) < 4.78 is 5.35. The first-order chi connectivity index (χ1) is 13.7. The average Bonchev–Trinajstić information content (AvgIpc) is 2.75. The lowest BCUT2D eigenvalue weighted by molar-refractivity contribution is 0.0299. The van der Waals surface area contributed by atoms with E-state index in [4.69, 9.17) is 4.74 Å². The third kappa shape index (κ3) is 4.50. The van der Waals surface area contributed by atoms with Gasteiger partial charge in [0.2, 0.25) is 0 Å². The Morgan fingerprint density at radius 2 is 1.79 bits per heavy atom. The molecule has 148 valence electrons. The molecule has 2 fully saturated rings. The number of piperidine rings is 1. The van der Waals surface area contributed by atoms with Crippen molar-refractivity contribution in [2.45, 2.75) is 26.2 Å². The molecule has 1 amide bonds. The van der Waals surface area contributed by atoms with Gasteiger partial charge in [0.15, 0.2) is 0 Å². The molecule has 1 aromatic carbocycles. The lowest BCUT2D eigenvalue weighted by Crippen LogP contribution is -2.41. The molecule has 2 aliphatic heterocycles. The van der Waals surface area contributed by atoms with Crippen molar-refractivity contribution >= 4 is 11.7 Å². The van der Waals surface area contributed by atoms with Crippen LogP contribution < -0.4 is 4.90 Å². The van der Waals surface area contributed by atoms with Gasteiger partial charge in [0.25, 0.3) is 5.91 Å². The van der Waals surface area contributed by atoms with Gasteiger partial charge in [0.05, 0.1) is 13.2 Å². The van der Waals surface area contributed by atoms with Gasteiger partial charge in [0.1, 0.15) is 17.3 Å². The topological polar surface area (TPSA) is 58.6 Å². The summed E-state index contributed by atoms with van der Waals surface area (Å²) in [7, 11) is 0. The molecule has 0 spiro atoms. The van der Waals surface area contributed by atoms with Crippen molar-refractivity contribution in [3.63, 3.8) is 0 Å². The molecule has 3 heterocycles. The zero-order valence-corrected chi connectivity index (χ0v) is 16.5. The number of benzene rings is 1. The van der Waals surface area contributed by atoms with Crippen LogP contribution in [0.1, 0.15) is 34.7 Å². The van der Waals surface area contributed by atoms with E-state index in [1.807, 2.05) is 17.9 Å². The monoisotopic (exact) mass is 380 g/mol. The number of carbonyl (C=O) groups excluding carboxylic acids is 1. The quantitative estimate of drug-likeness (QED) is 0.816. The second-order valence-corrected chi connectivity index (χ2v) is 7.68. The van der Waals surface area contributed by atoms with Gasteiger partial charge in [-0.05, 0) is 37.7 Å². The highest BCUT2D eigenvalue weighted by Crippen LogP contribution is 2.25. The Labute approximate surface area is 166 Å². The highest BCUT2D eigenvalue weighted by molar-refractivity contribution is 5.93. The van der Waals surface area contributed by atoms with Crippen LogP contribution in [-0.2, 0) is 11.2 Å². The van der Waals surface area contributed by atoms with Crippen molar-refractivity contribution in [3.05, 3.63) is 53.5 Å². The molecule has 2 aromatic rings. The number of anilines is 1. The van der Waals surface area contributed by atoms with Crippen molar-refractivity contribution in [3.8, 4) is 0 Å². The number of rotatable bonds is 4. The molecule has 6 heteroatoms. The fourth-order valence-electron chi connectivity index (χ4n) is 4.07. The molecular weight excluding hydrogens is 352 g/mol. The second kappa shape index (κ2) is 8.69. The predicted octanol–water partition coefficient (Wildman–Crippen LogP) is 2.72. The average molecular weight is 380 g/mol. The number of carbonyl (C=O) groups is 1. The van der Waals surface area contributed by atoms with Crippen LogP contribution in [0.4, 0.5) is 5.82 Å². The first kappa shape index (κ1) is 18.9. The van der Waals surface area contributed by atoms with E-state index in [0.29, 0.717) is 43.7 Å². The Hall–Kier alpha value is -2.47. The first-order valence-electron chi connectivity index (χ1n) is 10.2. The van der Waals surface area contributed by atoms with Crippen molar-refractivity contribution < 1.29 is 9.53 Å². The molecule has 1 aromatic heterocycles. The maximum absolute atomic E-state index is 12.8. The van der Waals surface area contributed by atoms with E-state index >= 15 is 0 Å². The standard InChI is InChI=1S/C22H28N4O2/c1-17-23-20(22(27)26-11-13-28-14-12-26)16-21(24-17)25-9-7-19(8-10-25)15-18-5-3-2-4-6-18/h2-6,16,19H,7-15H2,1H3. The van der Waals surface area contributed by atoms with Gasteiger partial charge < -0.3 is 14.5 Å². The minimum Gasteiger partial charge on any atom is -0.378 e. The third-order valence-electron chi connectivity index (χ3n) is 5.65. The Kier molecular flexibility index (Phi) is 5.86. The Bertz CT molecular complexity index is 797. The van der Waals surface area contributed by atoms with Crippen LogP contribution in [0.3, 0.4) is 0 Å². The molecule has 2 saturated heterocycles. The number of nitrogens with zero attached hydrogens (tertiary/aromatic N) is 4. The van der Waals surface area contributed by atoms with Crippen LogP contribution in [0.2, 0.25) is 0 Å². The van der Waals surface area contributed by atoms with Crippen molar-refractivity contribution in [2.24, 2.45) is 5.92 Å². The third-order valence-corrected chi connectivity index (χ3v) is 5.65. The number of morpholine rings is 1. The largest absolute Gasteiger partial charge is 0.378 e.